The van der Waals surface area contributed by atoms with Gasteiger partial charge in [-0.15, -0.1) is 0 Å². The number of nitrogens with one attached hydrogen (secondary N) is 1. The van der Waals surface area contributed by atoms with Crippen LogP contribution in [-0.2, 0) is 4.74 Å². The molecule has 0 bridgehead atoms. The molecule has 0 atom stereocenters. The first-order valence-electron chi connectivity index (χ1n) is 5.02. The maximum Gasteiger partial charge on any atom is 0.191 e. The summed E-state index contributed by atoms with van der Waals surface area (Å²) in [5.74, 6) is 1.74. The SMILES string of the molecule is CNc1cc(N(C)CCOC)nc(SC)n1. The average Bonchev–Trinajstić information content (AvgIpc) is 2.35. The van der Waals surface area contributed by atoms with Crippen LogP contribution in [0.2, 0.25) is 0 Å². The van der Waals surface area contributed by atoms with Gasteiger partial charge < -0.3 is 15.0 Å². The van der Waals surface area contributed by atoms with Gasteiger partial charge in [0.1, 0.15) is 11.6 Å². The maximum absolute atomic E-state index is 5.04. The van der Waals surface area contributed by atoms with E-state index in [1.165, 1.54) is 11.8 Å². The Bertz CT molecular complexity index is 312. The molecule has 6 heteroatoms. The summed E-state index contributed by atoms with van der Waals surface area (Å²) in [6.07, 6.45) is 1.97. The number of aromatic nitrogens is 2. The number of nitrogens with zero attached hydrogens (tertiary/aromatic N) is 3. The highest BCUT2D eigenvalue weighted by molar-refractivity contribution is 7.98. The van der Waals surface area contributed by atoms with Crippen LogP contribution in [0, 0.1) is 0 Å². The highest BCUT2D eigenvalue weighted by Gasteiger charge is 2.07. The molecule has 0 fully saturated rings. The Morgan fingerprint density at radius 1 is 1.50 bits per heavy atom. The van der Waals surface area contributed by atoms with Gasteiger partial charge in [-0.3, -0.25) is 0 Å². The van der Waals surface area contributed by atoms with Gasteiger partial charge in [-0.1, -0.05) is 11.8 Å². The van der Waals surface area contributed by atoms with Crippen LogP contribution in [0.15, 0.2) is 11.2 Å². The third-order valence-corrected chi connectivity index (χ3v) is 2.70. The summed E-state index contributed by atoms with van der Waals surface area (Å²) in [7, 11) is 5.54. The van der Waals surface area contributed by atoms with Crippen molar-refractivity contribution < 1.29 is 4.74 Å². The van der Waals surface area contributed by atoms with Crippen LogP contribution >= 0.6 is 11.8 Å². The summed E-state index contributed by atoms with van der Waals surface area (Å²) in [5.41, 5.74) is 0. The molecule has 1 rings (SSSR count). The number of thioether (sulfide) groups is 1. The summed E-state index contributed by atoms with van der Waals surface area (Å²) >= 11 is 1.53. The smallest absolute Gasteiger partial charge is 0.191 e. The van der Waals surface area contributed by atoms with Crippen molar-refractivity contribution in [2.45, 2.75) is 5.16 Å². The fraction of sp³-hybridized carbons (Fsp3) is 0.600. The third-order valence-electron chi connectivity index (χ3n) is 2.15. The molecule has 0 saturated heterocycles. The van der Waals surface area contributed by atoms with E-state index in [0.717, 1.165) is 23.3 Å². The van der Waals surface area contributed by atoms with E-state index in [9.17, 15) is 0 Å². The van der Waals surface area contributed by atoms with E-state index < -0.39 is 0 Å². The van der Waals surface area contributed by atoms with Crippen LogP contribution in [0.3, 0.4) is 0 Å². The zero-order valence-corrected chi connectivity index (χ0v) is 11.0. The van der Waals surface area contributed by atoms with Crippen molar-refractivity contribution >= 4 is 23.4 Å². The van der Waals surface area contributed by atoms with Crippen LogP contribution < -0.4 is 10.2 Å². The zero-order chi connectivity index (χ0) is 12.0. The van der Waals surface area contributed by atoms with E-state index >= 15 is 0 Å². The highest BCUT2D eigenvalue weighted by Crippen LogP contribution is 2.18. The van der Waals surface area contributed by atoms with Gasteiger partial charge in [0.05, 0.1) is 6.61 Å². The highest BCUT2D eigenvalue weighted by atomic mass is 32.2. The number of methoxy groups -OCH3 is 1. The first kappa shape index (κ1) is 13.1. The predicted molar refractivity (Wildman–Crippen MR) is 68.5 cm³/mol. The predicted octanol–water partition coefficient (Wildman–Crippen LogP) is 1.32. The summed E-state index contributed by atoms with van der Waals surface area (Å²) in [5, 5.41) is 3.80. The van der Waals surface area contributed by atoms with Crippen LogP contribution in [0.1, 0.15) is 0 Å². The molecule has 0 amide bonds. The molecule has 0 unspecified atom stereocenters. The summed E-state index contributed by atoms with van der Waals surface area (Å²) < 4.78 is 5.04. The fourth-order valence-corrected chi connectivity index (χ4v) is 1.54. The topological polar surface area (TPSA) is 50.3 Å². The molecule has 16 heavy (non-hydrogen) atoms. The number of hydrogen-bond donors (Lipinski definition) is 1. The second-order valence-electron chi connectivity index (χ2n) is 3.26. The Balaban J connectivity index is 2.85. The van der Waals surface area contributed by atoms with Crippen LogP contribution in [-0.4, -0.2) is 50.6 Å². The van der Waals surface area contributed by atoms with Gasteiger partial charge in [-0.25, -0.2) is 9.97 Å². The lowest BCUT2D eigenvalue weighted by Crippen LogP contribution is -2.23. The number of hydrogen-bond acceptors (Lipinski definition) is 6. The zero-order valence-electron chi connectivity index (χ0n) is 10.1. The minimum absolute atomic E-state index is 0.685. The van der Waals surface area contributed by atoms with E-state index in [4.69, 9.17) is 4.74 Å². The Morgan fingerprint density at radius 2 is 2.25 bits per heavy atom. The second kappa shape index (κ2) is 6.55. The van der Waals surface area contributed by atoms with Gasteiger partial charge in [0.15, 0.2) is 5.16 Å². The summed E-state index contributed by atoms with van der Waals surface area (Å²) in [6, 6.07) is 1.93. The molecule has 0 saturated carbocycles. The molecule has 0 aromatic carbocycles. The quantitative estimate of drug-likeness (QED) is 0.600. The molecular weight excluding hydrogens is 224 g/mol. The van der Waals surface area contributed by atoms with E-state index in [2.05, 4.69) is 15.3 Å². The molecule has 0 spiro atoms. The fourth-order valence-electron chi connectivity index (χ4n) is 1.17. The number of ether oxygens (including phenoxy) is 1. The first-order valence-corrected chi connectivity index (χ1v) is 6.24. The molecule has 0 aliphatic heterocycles. The Kier molecular flexibility index (Phi) is 5.34. The molecular formula is C10H18N4OS. The second-order valence-corrected chi connectivity index (χ2v) is 4.04. The molecule has 1 aromatic heterocycles. The van der Waals surface area contributed by atoms with Gasteiger partial charge in [0, 0.05) is 33.8 Å². The lowest BCUT2D eigenvalue weighted by Gasteiger charge is -2.18. The van der Waals surface area contributed by atoms with Crippen molar-refractivity contribution in [1.29, 1.82) is 0 Å². The van der Waals surface area contributed by atoms with Gasteiger partial charge in [0.2, 0.25) is 0 Å². The standard InChI is InChI=1S/C10H18N4OS/c1-11-8-7-9(13-10(12-8)16-4)14(2)5-6-15-3/h7H,5-6H2,1-4H3,(H,11,12,13). The largest absolute Gasteiger partial charge is 0.383 e. The van der Waals surface area contributed by atoms with E-state index in [1.54, 1.807) is 7.11 Å². The van der Waals surface area contributed by atoms with Crippen molar-refractivity contribution in [3.8, 4) is 0 Å². The van der Waals surface area contributed by atoms with Gasteiger partial charge in [0.25, 0.3) is 0 Å². The van der Waals surface area contributed by atoms with Crippen LogP contribution in [0.25, 0.3) is 0 Å². The third kappa shape index (κ3) is 3.53. The lowest BCUT2D eigenvalue weighted by atomic mass is 10.4. The minimum atomic E-state index is 0.685. The Hall–Kier alpha value is -1.01. The molecule has 1 N–H and O–H groups in total. The normalized spacial score (nSPS) is 10.2. The Morgan fingerprint density at radius 3 is 2.81 bits per heavy atom. The van der Waals surface area contributed by atoms with Crippen LogP contribution in [0.4, 0.5) is 11.6 Å². The number of anilines is 2. The van der Waals surface area contributed by atoms with Crippen molar-refractivity contribution in [3.63, 3.8) is 0 Å². The molecule has 0 aliphatic carbocycles. The summed E-state index contributed by atoms with van der Waals surface area (Å²) in [6.45, 7) is 1.49. The van der Waals surface area contributed by atoms with Crippen LogP contribution in [0.5, 0.6) is 0 Å². The maximum atomic E-state index is 5.04. The van der Waals surface area contributed by atoms with Gasteiger partial charge in [-0.2, -0.15) is 0 Å². The average molecular weight is 242 g/mol. The van der Waals surface area contributed by atoms with Gasteiger partial charge in [-0.05, 0) is 6.26 Å². The van der Waals surface area contributed by atoms with E-state index in [0.29, 0.717) is 6.61 Å². The molecule has 1 aromatic rings. The van der Waals surface area contributed by atoms with Gasteiger partial charge >= 0.3 is 0 Å². The number of rotatable bonds is 6. The molecule has 1 heterocycles. The molecule has 0 radical (unpaired) electrons. The Labute approximate surface area is 101 Å². The molecule has 90 valence electrons. The molecule has 0 aliphatic rings. The first-order chi connectivity index (χ1) is 7.71. The monoisotopic (exact) mass is 242 g/mol. The lowest BCUT2D eigenvalue weighted by molar-refractivity contribution is 0.206. The van der Waals surface area contributed by atoms with Crippen molar-refractivity contribution in [2.24, 2.45) is 0 Å². The van der Waals surface area contributed by atoms with E-state index in [1.807, 2.05) is 31.3 Å². The molecule has 5 nitrogen and oxygen atoms in total. The number of likely N-dealkylation sites (N-methyl/N-ethyl adjacent to an activating group) is 1. The van der Waals surface area contributed by atoms with Crippen molar-refractivity contribution in [3.05, 3.63) is 6.07 Å². The minimum Gasteiger partial charge on any atom is -0.383 e. The van der Waals surface area contributed by atoms with Crippen molar-refractivity contribution in [2.75, 3.05) is 50.8 Å². The summed E-state index contributed by atoms with van der Waals surface area (Å²) in [4.78, 5) is 10.8. The van der Waals surface area contributed by atoms with Crippen molar-refractivity contribution in [1.82, 2.24) is 9.97 Å². The van der Waals surface area contributed by atoms with E-state index in [-0.39, 0.29) is 0 Å².